The van der Waals surface area contributed by atoms with Crippen LogP contribution in [-0.2, 0) is 14.3 Å². The third-order valence-corrected chi connectivity index (χ3v) is 4.57. The van der Waals surface area contributed by atoms with Crippen LogP contribution in [0.5, 0.6) is 0 Å². The zero-order valence-corrected chi connectivity index (χ0v) is 15.8. The zero-order chi connectivity index (χ0) is 19.1. The molecule has 8 heteroatoms. The molecule has 1 aliphatic heterocycles. The highest BCUT2D eigenvalue weighted by Gasteiger charge is 2.25. The summed E-state index contributed by atoms with van der Waals surface area (Å²) in [6, 6.07) is 5.14. The molecular weight excluding hydrogens is 358 g/mol. The molecule has 1 saturated heterocycles. The Labute approximate surface area is 158 Å². The van der Waals surface area contributed by atoms with Gasteiger partial charge >= 0.3 is 6.09 Å². The first kappa shape index (κ1) is 20.0. The van der Waals surface area contributed by atoms with E-state index in [-0.39, 0.29) is 24.5 Å². The maximum absolute atomic E-state index is 12.0. The molecule has 1 fully saturated rings. The van der Waals surface area contributed by atoms with E-state index >= 15 is 0 Å². The van der Waals surface area contributed by atoms with E-state index < -0.39 is 5.91 Å². The number of aryl methyl sites for hydroxylation is 1. The van der Waals surface area contributed by atoms with Gasteiger partial charge in [0.15, 0.2) is 0 Å². The molecule has 7 nitrogen and oxygen atoms in total. The summed E-state index contributed by atoms with van der Waals surface area (Å²) in [4.78, 5) is 37.3. The van der Waals surface area contributed by atoms with E-state index in [2.05, 4.69) is 10.6 Å². The van der Waals surface area contributed by atoms with Gasteiger partial charge in [0.05, 0.1) is 6.61 Å². The van der Waals surface area contributed by atoms with Crippen LogP contribution < -0.4 is 10.6 Å². The van der Waals surface area contributed by atoms with Crippen LogP contribution in [0, 0.1) is 6.92 Å². The molecule has 1 heterocycles. The Morgan fingerprint density at radius 1 is 1.23 bits per heavy atom. The van der Waals surface area contributed by atoms with Gasteiger partial charge in [0, 0.05) is 29.8 Å². The van der Waals surface area contributed by atoms with Gasteiger partial charge in [0.25, 0.3) is 0 Å². The van der Waals surface area contributed by atoms with Crippen LogP contribution in [-0.4, -0.2) is 48.5 Å². The minimum absolute atomic E-state index is 0.0465. The summed E-state index contributed by atoms with van der Waals surface area (Å²) in [5.74, 6) is -0.735. The van der Waals surface area contributed by atoms with Gasteiger partial charge in [0.1, 0.15) is 6.42 Å². The molecule has 0 aromatic heterocycles. The largest absolute Gasteiger partial charge is 0.450 e. The number of hydrogen-bond acceptors (Lipinski definition) is 4. The van der Waals surface area contributed by atoms with Crippen molar-refractivity contribution < 1.29 is 19.1 Å². The first-order valence-electron chi connectivity index (χ1n) is 8.66. The molecule has 0 aliphatic carbocycles. The summed E-state index contributed by atoms with van der Waals surface area (Å²) in [5, 5.41) is 6.06. The van der Waals surface area contributed by atoms with Gasteiger partial charge in [-0.05, 0) is 44.4 Å². The lowest BCUT2D eigenvalue weighted by Crippen LogP contribution is -2.47. The highest BCUT2D eigenvalue weighted by Crippen LogP contribution is 2.20. The molecule has 0 bridgehead atoms. The Morgan fingerprint density at radius 3 is 2.54 bits per heavy atom. The molecule has 1 aromatic rings. The molecule has 1 aliphatic rings. The molecule has 0 spiro atoms. The van der Waals surface area contributed by atoms with Crippen LogP contribution >= 0.6 is 11.6 Å². The Kier molecular flexibility index (Phi) is 7.26. The van der Waals surface area contributed by atoms with Crippen LogP contribution in [0.2, 0.25) is 5.02 Å². The van der Waals surface area contributed by atoms with Gasteiger partial charge in [-0.25, -0.2) is 4.79 Å². The van der Waals surface area contributed by atoms with Gasteiger partial charge in [-0.15, -0.1) is 0 Å². The number of carbonyl (C=O) groups is 3. The molecule has 1 aromatic carbocycles. The smallest absolute Gasteiger partial charge is 0.409 e. The number of carbonyl (C=O) groups excluding carboxylic acids is 3. The lowest BCUT2D eigenvalue weighted by Gasteiger charge is -2.31. The van der Waals surface area contributed by atoms with E-state index in [1.165, 1.54) is 0 Å². The van der Waals surface area contributed by atoms with Gasteiger partial charge in [-0.2, -0.15) is 0 Å². The summed E-state index contributed by atoms with van der Waals surface area (Å²) in [6.45, 7) is 5.03. The molecule has 26 heavy (non-hydrogen) atoms. The summed E-state index contributed by atoms with van der Waals surface area (Å²) in [7, 11) is 0. The summed E-state index contributed by atoms with van der Waals surface area (Å²) in [6.07, 6.45) is 0.691. The predicted octanol–water partition coefficient (Wildman–Crippen LogP) is 2.71. The average molecular weight is 382 g/mol. The molecule has 142 valence electrons. The number of likely N-dealkylation sites (tertiary alicyclic amines) is 1. The van der Waals surface area contributed by atoms with E-state index in [0.717, 1.165) is 5.56 Å². The van der Waals surface area contributed by atoms with Crippen LogP contribution in [0.4, 0.5) is 10.5 Å². The lowest BCUT2D eigenvalue weighted by atomic mass is 10.1. The minimum atomic E-state index is -0.397. The lowest BCUT2D eigenvalue weighted by molar-refractivity contribution is -0.127. The van der Waals surface area contributed by atoms with Crippen molar-refractivity contribution in [2.75, 3.05) is 25.0 Å². The van der Waals surface area contributed by atoms with E-state index in [1.54, 1.807) is 30.0 Å². The first-order chi connectivity index (χ1) is 12.4. The Morgan fingerprint density at radius 2 is 1.92 bits per heavy atom. The molecule has 2 rings (SSSR count). The van der Waals surface area contributed by atoms with E-state index in [1.807, 2.05) is 6.92 Å². The number of nitrogens with zero attached hydrogens (tertiary/aromatic N) is 1. The highest BCUT2D eigenvalue weighted by molar-refractivity contribution is 6.31. The number of amides is 3. The van der Waals surface area contributed by atoms with Crippen molar-refractivity contribution in [2.24, 2.45) is 0 Å². The highest BCUT2D eigenvalue weighted by atomic mass is 35.5. The van der Waals surface area contributed by atoms with Gasteiger partial charge < -0.3 is 20.3 Å². The first-order valence-corrected chi connectivity index (χ1v) is 9.04. The molecule has 0 saturated carbocycles. The number of hydrogen-bond donors (Lipinski definition) is 2. The number of halogens is 1. The third kappa shape index (κ3) is 5.91. The standard InChI is InChI=1S/C18H24ClN3O4/c1-3-26-18(25)22-8-6-13(7-9-22)20-16(23)11-17(24)21-14-5-4-12(2)15(19)10-14/h4-5,10,13H,3,6-9,11H2,1-2H3,(H,20,23)(H,21,24). The second-order valence-corrected chi connectivity index (χ2v) is 6.62. The van der Waals surface area contributed by atoms with Crippen molar-refractivity contribution in [3.63, 3.8) is 0 Å². The average Bonchev–Trinajstić information content (AvgIpc) is 2.59. The SMILES string of the molecule is CCOC(=O)N1CCC(NC(=O)CC(=O)Nc2ccc(C)c(Cl)c2)CC1. The van der Waals surface area contributed by atoms with Crippen molar-refractivity contribution in [1.82, 2.24) is 10.2 Å². The van der Waals surface area contributed by atoms with E-state index in [9.17, 15) is 14.4 Å². The normalized spacial score (nSPS) is 14.7. The molecule has 2 N–H and O–H groups in total. The van der Waals surface area contributed by atoms with Crippen molar-refractivity contribution in [2.45, 2.75) is 39.2 Å². The van der Waals surface area contributed by atoms with Crippen LogP contribution in [0.3, 0.4) is 0 Å². The number of piperidine rings is 1. The van der Waals surface area contributed by atoms with Crippen molar-refractivity contribution in [3.05, 3.63) is 28.8 Å². The van der Waals surface area contributed by atoms with Crippen LogP contribution in [0.1, 0.15) is 31.7 Å². The van der Waals surface area contributed by atoms with Crippen molar-refractivity contribution in [3.8, 4) is 0 Å². The van der Waals surface area contributed by atoms with E-state index in [4.69, 9.17) is 16.3 Å². The molecular formula is C18H24ClN3O4. The van der Waals surface area contributed by atoms with Crippen molar-refractivity contribution >= 4 is 35.2 Å². The summed E-state index contributed by atoms with van der Waals surface area (Å²) < 4.78 is 4.96. The maximum Gasteiger partial charge on any atom is 0.409 e. The molecule has 3 amide bonds. The number of rotatable bonds is 5. The maximum atomic E-state index is 12.0. The predicted molar refractivity (Wildman–Crippen MR) is 99.2 cm³/mol. The van der Waals surface area contributed by atoms with Gasteiger partial charge in [-0.1, -0.05) is 17.7 Å². The van der Waals surface area contributed by atoms with Crippen LogP contribution in [0.15, 0.2) is 18.2 Å². The Bertz CT molecular complexity index is 672. The Hall–Kier alpha value is -2.28. The topological polar surface area (TPSA) is 87.7 Å². The van der Waals surface area contributed by atoms with Gasteiger partial charge in [-0.3, -0.25) is 9.59 Å². The fourth-order valence-electron chi connectivity index (χ4n) is 2.72. The fourth-order valence-corrected chi connectivity index (χ4v) is 2.90. The second-order valence-electron chi connectivity index (χ2n) is 6.22. The summed E-state index contributed by atoms with van der Waals surface area (Å²) >= 11 is 6.02. The van der Waals surface area contributed by atoms with Crippen molar-refractivity contribution in [1.29, 1.82) is 0 Å². The third-order valence-electron chi connectivity index (χ3n) is 4.16. The second kappa shape index (κ2) is 9.43. The zero-order valence-electron chi connectivity index (χ0n) is 15.0. The quantitative estimate of drug-likeness (QED) is 0.767. The molecule has 0 atom stereocenters. The summed E-state index contributed by atoms with van der Waals surface area (Å²) in [5.41, 5.74) is 1.47. The molecule has 0 radical (unpaired) electrons. The number of benzene rings is 1. The fraction of sp³-hybridized carbons (Fsp3) is 0.500. The molecule has 0 unspecified atom stereocenters. The monoisotopic (exact) mass is 381 g/mol. The Balaban J connectivity index is 1.74. The van der Waals surface area contributed by atoms with E-state index in [0.29, 0.717) is 43.2 Å². The minimum Gasteiger partial charge on any atom is -0.450 e. The number of anilines is 1. The number of ether oxygens (including phenoxy) is 1. The van der Waals surface area contributed by atoms with Gasteiger partial charge in [0.2, 0.25) is 11.8 Å². The number of nitrogens with one attached hydrogen (secondary N) is 2. The van der Waals surface area contributed by atoms with Crippen LogP contribution in [0.25, 0.3) is 0 Å².